The Balaban J connectivity index is 2.24. The average molecular weight is 267 g/mol. The van der Waals surface area contributed by atoms with Gasteiger partial charge in [-0.2, -0.15) is 0 Å². The van der Waals surface area contributed by atoms with E-state index in [1.165, 1.54) is 7.11 Å². The molecule has 19 heavy (non-hydrogen) atoms. The topological polar surface area (TPSA) is 70.8 Å². The standard InChI is InChI=1S/C14H21NO4/c1-17-11-7-8-12(15)13(10-11)19-9-5-3-4-6-14(16)18-2/h7-8,10H,3-6,9,15H2,1-2H3. The molecule has 1 rings (SSSR count). The molecule has 106 valence electrons. The van der Waals surface area contributed by atoms with E-state index in [1.54, 1.807) is 25.3 Å². The minimum atomic E-state index is -0.169. The second-order valence-electron chi connectivity index (χ2n) is 4.14. The molecular formula is C14H21NO4. The van der Waals surface area contributed by atoms with Gasteiger partial charge in [-0.15, -0.1) is 0 Å². The van der Waals surface area contributed by atoms with Crippen molar-refractivity contribution in [1.29, 1.82) is 0 Å². The van der Waals surface area contributed by atoms with Gasteiger partial charge in [0.15, 0.2) is 0 Å². The van der Waals surface area contributed by atoms with Gasteiger partial charge in [0, 0.05) is 12.5 Å². The van der Waals surface area contributed by atoms with Crippen LogP contribution in [0.5, 0.6) is 11.5 Å². The summed E-state index contributed by atoms with van der Waals surface area (Å²) < 4.78 is 15.3. The van der Waals surface area contributed by atoms with Crippen molar-refractivity contribution in [3.05, 3.63) is 18.2 Å². The maximum absolute atomic E-state index is 10.9. The SMILES string of the molecule is COC(=O)CCCCCOc1cc(OC)ccc1N. The van der Waals surface area contributed by atoms with Gasteiger partial charge in [0.1, 0.15) is 11.5 Å². The van der Waals surface area contributed by atoms with Crippen LogP contribution in [0.2, 0.25) is 0 Å². The Labute approximate surface area is 113 Å². The zero-order valence-electron chi connectivity index (χ0n) is 11.5. The fraction of sp³-hybridized carbons (Fsp3) is 0.500. The Kier molecular flexibility index (Phi) is 6.57. The van der Waals surface area contributed by atoms with Crippen molar-refractivity contribution in [3.63, 3.8) is 0 Å². The van der Waals surface area contributed by atoms with Crippen LogP contribution in [0.1, 0.15) is 25.7 Å². The number of hydrogen-bond donors (Lipinski definition) is 1. The van der Waals surface area contributed by atoms with Crippen molar-refractivity contribution in [1.82, 2.24) is 0 Å². The maximum atomic E-state index is 10.9. The highest BCUT2D eigenvalue weighted by atomic mass is 16.5. The molecule has 0 bridgehead atoms. The largest absolute Gasteiger partial charge is 0.497 e. The molecule has 0 aliphatic heterocycles. The number of esters is 1. The quantitative estimate of drug-likeness (QED) is 0.445. The number of carbonyl (C=O) groups excluding carboxylic acids is 1. The molecule has 0 amide bonds. The van der Waals surface area contributed by atoms with Crippen molar-refractivity contribution >= 4 is 11.7 Å². The van der Waals surface area contributed by atoms with E-state index in [2.05, 4.69) is 4.74 Å². The zero-order valence-corrected chi connectivity index (χ0v) is 11.5. The molecule has 0 aliphatic rings. The van der Waals surface area contributed by atoms with E-state index < -0.39 is 0 Å². The first-order valence-electron chi connectivity index (χ1n) is 6.30. The molecule has 5 nitrogen and oxygen atoms in total. The Morgan fingerprint density at radius 1 is 1.21 bits per heavy atom. The second kappa shape index (κ2) is 8.24. The number of carbonyl (C=O) groups is 1. The van der Waals surface area contributed by atoms with Crippen LogP contribution in [0.4, 0.5) is 5.69 Å². The van der Waals surface area contributed by atoms with Crippen molar-refractivity contribution in [3.8, 4) is 11.5 Å². The van der Waals surface area contributed by atoms with Gasteiger partial charge in [0.2, 0.25) is 0 Å². The molecule has 0 saturated carbocycles. The molecular weight excluding hydrogens is 246 g/mol. The summed E-state index contributed by atoms with van der Waals surface area (Å²) in [6.45, 7) is 0.568. The molecule has 0 atom stereocenters. The van der Waals surface area contributed by atoms with Crippen molar-refractivity contribution in [2.24, 2.45) is 0 Å². The molecule has 5 heteroatoms. The van der Waals surface area contributed by atoms with Crippen molar-refractivity contribution in [2.75, 3.05) is 26.6 Å². The summed E-state index contributed by atoms with van der Waals surface area (Å²) in [7, 11) is 3.00. The molecule has 0 saturated heterocycles. The molecule has 0 heterocycles. The first-order valence-corrected chi connectivity index (χ1v) is 6.30. The summed E-state index contributed by atoms with van der Waals surface area (Å²) in [5.74, 6) is 1.18. The van der Waals surface area contributed by atoms with Crippen molar-refractivity contribution < 1.29 is 19.0 Å². The smallest absolute Gasteiger partial charge is 0.305 e. The van der Waals surface area contributed by atoms with Gasteiger partial charge in [-0.3, -0.25) is 4.79 Å². The van der Waals surface area contributed by atoms with Gasteiger partial charge >= 0.3 is 5.97 Å². The highest BCUT2D eigenvalue weighted by Crippen LogP contribution is 2.26. The number of anilines is 1. The summed E-state index contributed by atoms with van der Waals surface area (Å²) in [4.78, 5) is 10.9. The lowest BCUT2D eigenvalue weighted by molar-refractivity contribution is -0.140. The first kappa shape index (κ1) is 15.1. The van der Waals surface area contributed by atoms with E-state index in [-0.39, 0.29) is 5.97 Å². The minimum Gasteiger partial charge on any atom is -0.497 e. The van der Waals surface area contributed by atoms with E-state index >= 15 is 0 Å². The van der Waals surface area contributed by atoms with E-state index in [0.29, 0.717) is 24.5 Å². The number of methoxy groups -OCH3 is 2. The second-order valence-corrected chi connectivity index (χ2v) is 4.14. The van der Waals surface area contributed by atoms with Crippen LogP contribution in [0.3, 0.4) is 0 Å². The third kappa shape index (κ3) is 5.50. The van der Waals surface area contributed by atoms with E-state index in [4.69, 9.17) is 15.2 Å². The van der Waals surface area contributed by atoms with Crippen LogP contribution < -0.4 is 15.2 Å². The van der Waals surface area contributed by atoms with Crippen LogP contribution in [0.15, 0.2) is 18.2 Å². The van der Waals surface area contributed by atoms with E-state index in [0.717, 1.165) is 25.0 Å². The van der Waals surface area contributed by atoms with Gasteiger partial charge in [0.05, 0.1) is 26.5 Å². The summed E-state index contributed by atoms with van der Waals surface area (Å²) in [6, 6.07) is 5.31. The lowest BCUT2D eigenvalue weighted by Crippen LogP contribution is -2.02. The third-order valence-corrected chi connectivity index (χ3v) is 2.73. The van der Waals surface area contributed by atoms with Crippen LogP contribution in [0.25, 0.3) is 0 Å². The van der Waals surface area contributed by atoms with Gasteiger partial charge in [-0.05, 0) is 31.4 Å². The molecule has 0 spiro atoms. The lowest BCUT2D eigenvalue weighted by atomic mass is 10.2. The number of ether oxygens (including phenoxy) is 3. The Bertz CT molecular complexity index is 406. The summed E-state index contributed by atoms with van der Waals surface area (Å²) in [5.41, 5.74) is 6.39. The van der Waals surface area contributed by atoms with E-state index in [9.17, 15) is 4.79 Å². The van der Waals surface area contributed by atoms with E-state index in [1.807, 2.05) is 0 Å². The highest BCUT2D eigenvalue weighted by molar-refractivity contribution is 5.68. The number of benzene rings is 1. The third-order valence-electron chi connectivity index (χ3n) is 2.73. The molecule has 0 aliphatic carbocycles. The van der Waals surface area contributed by atoms with Gasteiger partial charge in [-0.1, -0.05) is 0 Å². The normalized spacial score (nSPS) is 10.0. The van der Waals surface area contributed by atoms with Gasteiger partial charge < -0.3 is 19.9 Å². The summed E-state index contributed by atoms with van der Waals surface area (Å²) in [6.07, 6.45) is 3.05. The van der Waals surface area contributed by atoms with Crippen LogP contribution in [-0.2, 0) is 9.53 Å². The fourth-order valence-electron chi connectivity index (χ4n) is 1.60. The van der Waals surface area contributed by atoms with Gasteiger partial charge in [0.25, 0.3) is 0 Å². The Morgan fingerprint density at radius 3 is 2.68 bits per heavy atom. The maximum Gasteiger partial charge on any atom is 0.305 e. The number of rotatable bonds is 8. The summed E-state index contributed by atoms with van der Waals surface area (Å²) >= 11 is 0. The predicted molar refractivity (Wildman–Crippen MR) is 73.4 cm³/mol. The number of nitrogens with two attached hydrogens (primary N) is 1. The Hall–Kier alpha value is -1.91. The molecule has 0 aromatic heterocycles. The first-order chi connectivity index (χ1) is 9.17. The molecule has 0 fully saturated rings. The molecule has 2 N–H and O–H groups in total. The van der Waals surface area contributed by atoms with Gasteiger partial charge in [-0.25, -0.2) is 0 Å². The molecule has 1 aromatic carbocycles. The summed E-state index contributed by atoms with van der Waals surface area (Å²) in [5, 5.41) is 0. The van der Waals surface area contributed by atoms with Crippen LogP contribution >= 0.6 is 0 Å². The zero-order chi connectivity index (χ0) is 14.1. The van der Waals surface area contributed by atoms with Crippen molar-refractivity contribution in [2.45, 2.75) is 25.7 Å². The number of nitrogen functional groups attached to an aromatic ring is 1. The molecule has 1 aromatic rings. The molecule has 0 unspecified atom stereocenters. The minimum absolute atomic E-state index is 0.169. The van der Waals surface area contributed by atoms with Crippen LogP contribution in [-0.4, -0.2) is 26.8 Å². The monoisotopic (exact) mass is 267 g/mol. The number of hydrogen-bond acceptors (Lipinski definition) is 5. The molecule has 0 radical (unpaired) electrons. The lowest BCUT2D eigenvalue weighted by Gasteiger charge is -2.10. The highest BCUT2D eigenvalue weighted by Gasteiger charge is 2.03. The predicted octanol–water partition coefficient (Wildman–Crippen LogP) is 2.39. The average Bonchev–Trinajstić information content (AvgIpc) is 2.44. The van der Waals surface area contributed by atoms with Crippen LogP contribution in [0, 0.1) is 0 Å². The fourth-order valence-corrected chi connectivity index (χ4v) is 1.60. The number of unbranched alkanes of at least 4 members (excludes halogenated alkanes) is 2. The Morgan fingerprint density at radius 2 is 2.00 bits per heavy atom.